The Labute approximate surface area is 114 Å². The zero-order valence-corrected chi connectivity index (χ0v) is 11.6. The van der Waals surface area contributed by atoms with E-state index in [2.05, 4.69) is 11.9 Å². The van der Waals surface area contributed by atoms with E-state index < -0.39 is 0 Å². The Kier molecular flexibility index (Phi) is 4.22. The highest BCUT2D eigenvalue weighted by molar-refractivity contribution is 5.93. The van der Waals surface area contributed by atoms with Crippen LogP contribution >= 0.6 is 0 Å². The number of aliphatic hydroxyl groups excluding tert-OH is 1. The van der Waals surface area contributed by atoms with Gasteiger partial charge in [0.15, 0.2) is 0 Å². The average Bonchev–Trinajstić information content (AvgIpc) is 2.29. The zero-order chi connectivity index (χ0) is 14.0. The molecule has 0 bridgehead atoms. The molecular weight excluding hydrogens is 240 g/mol. The van der Waals surface area contributed by atoms with Gasteiger partial charge in [0.2, 0.25) is 5.91 Å². The molecule has 0 aliphatic heterocycles. The summed E-state index contributed by atoms with van der Waals surface area (Å²) in [6.45, 7) is 3.87. The molecule has 1 aromatic rings. The van der Waals surface area contributed by atoms with E-state index in [0.717, 1.165) is 31.5 Å². The fourth-order valence-corrected chi connectivity index (χ4v) is 2.67. The number of carbonyl (C=O) groups excluding carboxylic acids is 1. The van der Waals surface area contributed by atoms with Gasteiger partial charge >= 0.3 is 0 Å². The van der Waals surface area contributed by atoms with E-state index >= 15 is 0 Å². The van der Waals surface area contributed by atoms with Crippen LogP contribution in [0.15, 0.2) is 18.2 Å². The monoisotopic (exact) mass is 262 g/mol. The second kappa shape index (κ2) is 5.72. The Bertz CT molecular complexity index is 467. The topological polar surface area (TPSA) is 66.6 Å². The lowest BCUT2D eigenvalue weighted by atomic mass is 9.82. The zero-order valence-electron chi connectivity index (χ0n) is 11.6. The fourth-order valence-electron chi connectivity index (χ4n) is 2.67. The summed E-state index contributed by atoms with van der Waals surface area (Å²) in [5.41, 5.74) is 8.14. The number of aryl methyl sites for hydroxylation is 1. The van der Waals surface area contributed by atoms with Crippen LogP contribution < -0.4 is 5.73 Å². The maximum atomic E-state index is 11.1. The lowest BCUT2D eigenvalue weighted by Crippen LogP contribution is -2.36. The van der Waals surface area contributed by atoms with Crippen LogP contribution in [0, 0.1) is 12.8 Å². The molecule has 104 valence electrons. The van der Waals surface area contributed by atoms with Crippen molar-refractivity contribution in [3.05, 3.63) is 34.9 Å². The largest absolute Gasteiger partial charge is 0.393 e. The molecule has 3 N–H and O–H groups in total. The minimum absolute atomic E-state index is 0.0880. The van der Waals surface area contributed by atoms with Crippen molar-refractivity contribution in [2.45, 2.75) is 32.4 Å². The first-order valence-corrected chi connectivity index (χ1v) is 6.71. The van der Waals surface area contributed by atoms with E-state index in [9.17, 15) is 9.90 Å². The molecule has 1 amide bonds. The van der Waals surface area contributed by atoms with Crippen LogP contribution in [0.1, 0.15) is 34.3 Å². The third kappa shape index (κ3) is 3.55. The number of amides is 1. The molecule has 0 unspecified atom stereocenters. The van der Waals surface area contributed by atoms with Gasteiger partial charge in [-0.25, -0.2) is 0 Å². The third-order valence-electron chi connectivity index (χ3n) is 3.85. The van der Waals surface area contributed by atoms with Crippen LogP contribution in [0.4, 0.5) is 0 Å². The van der Waals surface area contributed by atoms with Crippen LogP contribution in [0.3, 0.4) is 0 Å². The number of benzene rings is 1. The van der Waals surface area contributed by atoms with Crippen LogP contribution in [0.2, 0.25) is 0 Å². The van der Waals surface area contributed by atoms with Crippen LogP contribution in [0.5, 0.6) is 0 Å². The highest BCUT2D eigenvalue weighted by atomic mass is 16.3. The quantitative estimate of drug-likeness (QED) is 0.840. The number of nitrogens with two attached hydrogens (primary N) is 1. The first-order chi connectivity index (χ1) is 8.95. The van der Waals surface area contributed by atoms with Crippen molar-refractivity contribution in [1.29, 1.82) is 0 Å². The Morgan fingerprint density at radius 2 is 2.16 bits per heavy atom. The summed E-state index contributed by atoms with van der Waals surface area (Å²) in [5, 5.41) is 9.29. The van der Waals surface area contributed by atoms with Crippen molar-refractivity contribution in [3.63, 3.8) is 0 Å². The van der Waals surface area contributed by atoms with Crippen molar-refractivity contribution in [2.24, 2.45) is 11.7 Å². The normalized spacial score (nSPS) is 22.3. The number of aliphatic hydroxyl groups is 1. The SMILES string of the molecule is Cc1cc(C(N)=O)ccc1CN(C)CC1CC(O)C1. The van der Waals surface area contributed by atoms with E-state index in [-0.39, 0.29) is 12.0 Å². The number of carbonyl (C=O) groups is 1. The van der Waals surface area contributed by atoms with Crippen molar-refractivity contribution in [1.82, 2.24) is 4.90 Å². The van der Waals surface area contributed by atoms with Crippen LogP contribution in [-0.2, 0) is 6.54 Å². The maximum Gasteiger partial charge on any atom is 0.248 e. The second-order valence-corrected chi connectivity index (χ2v) is 5.69. The lowest BCUT2D eigenvalue weighted by Gasteiger charge is -2.34. The summed E-state index contributed by atoms with van der Waals surface area (Å²) in [7, 11) is 2.09. The van der Waals surface area contributed by atoms with Crippen molar-refractivity contribution < 1.29 is 9.90 Å². The summed E-state index contributed by atoms with van der Waals surface area (Å²) in [5.74, 6) is 0.233. The molecule has 1 fully saturated rings. The summed E-state index contributed by atoms with van der Waals surface area (Å²) in [4.78, 5) is 13.4. The Morgan fingerprint density at radius 1 is 1.47 bits per heavy atom. The molecule has 0 atom stereocenters. The molecule has 1 aliphatic carbocycles. The third-order valence-corrected chi connectivity index (χ3v) is 3.85. The van der Waals surface area contributed by atoms with E-state index in [1.54, 1.807) is 6.07 Å². The summed E-state index contributed by atoms with van der Waals surface area (Å²) in [6.07, 6.45) is 1.75. The number of hydrogen-bond donors (Lipinski definition) is 2. The van der Waals surface area contributed by atoms with Crippen LogP contribution in [-0.4, -0.2) is 35.6 Å². The predicted molar refractivity (Wildman–Crippen MR) is 74.8 cm³/mol. The van der Waals surface area contributed by atoms with Crippen molar-refractivity contribution in [2.75, 3.05) is 13.6 Å². The van der Waals surface area contributed by atoms with Gasteiger partial charge in [0.25, 0.3) is 0 Å². The molecule has 0 heterocycles. The number of rotatable bonds is 5. The number of hydrogen-bond acceptors (Lipinski definition) is 3. The van der Waals surface area contributed by atoms with E-state index in [0.29, 0.717) is 11.5 Å². The van der Waals surface area contributed by atoms with Gasteiger partial charge in [-0.1, -0.05) is 6.07 Å². The molecule has 4 nitrogen and oxygen atoms in total. The van der Waals surface area contributed by atoms with Gasteiger partial charge in [0.1, 0.15) is 0 Å². The predicted octanol–water partition coefficient (Wildman–Crippen LogP) is 1.30. The first kappa shape index (κ1) is 14.0. The molecule has 4 heteroatoms. The molecule has 0 radical (unpaired) electrons. The number of primary amides is 1. The van der Waals surface area contributed by atoms with Gasteiger partial charge in [0.05, 0.1) is 6.10 Å². The van der Waals surface area contributed by atoms with Crippen molar-refractivity contribution in [3.8, 4) is 0 Å². The minimum Gasteiger partial charge on any atom is -0.393 e. The van der Waals surface area contributed by atoms with Crippen molar-refractivity contribution >= 4 is 5.91 Å². The molecule has 1 saturated carbocycles. The highest BCUT2D eigenvalue weighted by Gasteiger charge is 2.27. The van der Waals surface area contributed by atoms with Gasteiger partial charge in [0, 0.05) is 18.7 Å². The van der Waals surface area contributed by atoms with Gasteiger partial charge in [-0.2, -0.15) is 0 Å². The van der Waals surface area contributed by atoms with Gasteiger partial charge in [-0.3, -0.25) is 4.79 Å². The van der Waals surface area contributed by atoms with Crippen LogP contribution in [0.25, 0.3) is 0 Å². The second-order valence-electron chi connectivity index (χ2n) is 5.69. The first-order valence-electron chi connectivity index (χ1n) is 6.71. The molecule has 0 aromatic heterocycles. The van der Waals surface area contributed by atoms with E-state index in [1.165, 1.54) is 5.56 Å². The Balaban J connectivity index is 1.93. The van der Waals surface area contributed by atoms with E-state index in [4.69, 9.17) is 5.73 Å². The van der Waals surface area contributed by atoms with Gasteiger partial charge in [-0.05, 0) is 56.0 Å². The van der Waals surface area contributed by atoms with E-state index in [1.807, 2.05) is 19.1 Å². The summed E-state index contributed by atoms with van der Waals surface area (Å²) >= 11 is 0. The minimum atomic E-state index is -0.383. The fraction of sp³-hybridized carbons (Fsp3) is 0.533. The Hall–Kier alpha value is -1.39. The molecule has 0 spiro atoms. The molecular formula is C15H22N2O2. The highest BCUT2D eigenvalue weighted by Crippen LogP contribution is 2.28. The maximum absolute atomic E-state index is 11.1. The molecule has 1 aliphatic rings. The summed E-state index contributed by atoms with van der Waals surface area (Å²) < 4.78 is 0. The Morgan fingerprint density at radius 3 is 2.68 bits per heavy atom. The molecule has 1 aromatic carbocycles. The lowest BCUT2D eigenvalue weighted by molar-refractivity contribution is 0.0273. The number of nitrogens with zero attached hydrogens (tertiary/aromatic N) is 1. The standard InChI is InChI=1S/C15H22N2O2/c1-10-5-12(15(16)19)3-4-13(10)9-17(2)8-11-6-14(18)7-11/h3-5,11,14,18H,6-9H2,1-2H3,(H2,16,19). The van der Waals surface area contributed by atoms with Gasteiger partial charge in [-0.15, -0.1) is 0 Å². The smallest absolute Gasteiger partial charge is 0.248 e. The molecule has 2 rings (SSSR count). The molecule has 0 saturated heterocycles. The average molecular weight is 262 g/mol. The summed E-state index contributed by atoms with van der Waals surface area (Å²) in [6, 6.07) is 5.60. The van der Waals surface area contributed by atoms with Gasteiger partial charge < -0.3 is 15.7 Å². The molecule has 19 heavy (non-hydrogen) atoms.